The first-order valence-corrected chi connectivity index (χ1v) is 11.5. The van der Waals surface area contributed by atoms with Gasteiger partial charge < -0.3 is 5.11 Å². The fourth-order valence-corrected chi connectivity index (χ4v) is 4.18. The van der Waals surface area contributed by atoms with E-state index < -0.39 is 0 Å². The molecule has 1 N–H and O–H groups in total. The lowest BCUT2D eigenvalue weighted by molar-refractivity contribution is 0.464. The van der Waals surface area contributed by atoms with Crippen molar-refractivity contribution in [1.82, 2.24) is 0 Å². The molecule has 0 atom stereocenters. The van der Waals surface area contributed by atoms with Crippen molar-refractivity contribution in [2.24, 2.45) is 0 Å². The molecule has 0 aliphatic heterocycles. The summed E-state index contributed by atoms with van der Waals surface area (Å²) < 4.78 is 0. The zero-order valence-electron chi connectivity index (χ0n) is 18.1. The minimum absolute atomic E-state index is 0.557. The summed E-state index contributed by atoms with van der Waals surface area (Å²) in [6, 6.07) is 2.12. The highest BCUT2D eigenvalue weighted by molar-refractivity contribution is 5.49. The van der Waals surface area contributed by atoms with E-state index in [9.17, 15) is 5.11 Å². The maximum absolute atomic E-state index is 10.6. The van der Waals surface area contributed by atoms with Crippen molar-refractivity contribution < 1.29 is 5.11 Å². The van der Waals surface area contributed by atoms with Crippen LogP contribution < -0.4 is 0 Å². The van der Waals surface area contributed by atoms with E-state index in [1.165, 1.54) is 87.3 Å². The number of phenolic OH excluding ortho intramolecular Hbond substituents is 1. The zero-order valence-corrected chi connectivity index (χ0v) is 18.1. The fraction of sp³-hybridized carbons (Fsp3) is 0.760. The largest absolute Gasteiger partial charge is 0.508 e. The van der Waals surface area contributed by atoms with Gasteiger partial charge in [0.25, 0.3) is 0 Å². The van der Waals surface area contributed by atoms with E-state index in [4.69, 9.17) is 0 Å². The highest BCUT2D eigenvalue weighted by atomic mass is 16.3. The molecule has 150 valence electrons. The van der Waals surface area contributed by atoms with Crippen LogP contribution in [0.25, 0.3) is 0 Å². The molecule has 0 saturated heterocycles. The Morgan fingerprint density at radius 1 is 0.577 bits per heavy atom. The number of hydrogen-bond donors (Lipinski definition) is 1. The summed E-state index contributed by atoms with van der Waals surface area (Å²) in [5, 5.41) is 10.6. The van der Waals surface area contributed by atoms with Crippen molar-refractivity contribution in [2.45, 2.75) is 124 Å². The van der Waals surface area contributed by atoms with E-state index in [1.54, 1.807) is 5.56 Å². The Balaban J connectivity index is 2.90. The second kappa shape index (κ2) is 14.1. The van der Waals surface area contributed by atoms with E-state index in [0.717, 1.165) is 25.7 Å². The quantitative estimate of drug-likeness (QED) is 0.315. The average molecular weight is 361 g/mol. The molecular formula is C25H44O. The highest BCUT2D eigenvalue weighted by Crippen LogP contribution is 2.32. The summed E-state index contributed by atoms with van der Waals surface area (Å²) in [4.78, 5) is 0. The second-order valence-electron chi connectivity index (χ2n) is 7.92. The maximum atomic E-state index is 10.6. The van der Waals surface area contributed by atoms with Gasteiger partial charge in [0, 0.05) is 0 Å². The molecule has 0 aliphatic carbocycles. The summed E-state index contributed by atoms with van der Waals surface area (Å²) in [6.07, 6.45) is 18.8. The predicted molar refractivity (Wildman–Crippen MR) is 116 cm³/mol. The van der Waals surface area contributed by atoms with Gasteiger partial charge in [-0.15, -0.1) is 0 Å². The molecule has 0 unspecified atom stereocenters. The van der Waals surface area contributed by atoms with Crippen molar-refractivity contribution in [3.63, 3.8) is 0 Å². The van der Waals surface area contributed by atoms with Crippen LogP contribution in [0, 0.1) is 0 Å². The molecule has 0 spiro atoms. The molecule has 0 saturated carbocycles. The van der Waals surface area contributed by atoms with Crippen molar-refractivity contribution in [1.29, 1.82) is 0 Å². The molecule has 26 heavy (non-hydrogen) atoms. The Labute approximate surface area is 163 Å². The summed E-state index contributed by atoms with van der Waals surface area (Å²) in [5.74, 6) is 0.557. The second-order valence-corrected chi connectivity index (χ2v) is 7.92. The average Bonchev–Trinajstić information content (AvgIpc) is 2.64. The minimum Gasteiger partial charge on any atom is -0.508 e. The molecule has 0 fully saturated rings. The summed E-state index contributed by atoms with van der Waals surface area (Å²) in [7, 11) is 0. The van der Waals surface area contributed by atoms with Crippen LogP contribution in [-0.4, -0.2) is 5.11 Å². The van der Waals surface area contributed by atoms with Gasteiger partial charge in [0.1, 0.15) is 5.75 Å². The van der Waals surface area contributed by atoms with E-state index in [-0.39, 0.29) is 0 Å². The molecule has 0 radical (unpaired) electrons. The van der Waals surface area contributed by atoms with Gasteiger partial charge in [-0.05, 0) is 66.8 Å². The van der Waals surface area contributed by atoms with Crippen LogP contribution in [0.2, 0.25) is 0 Å². The van der Waals surface area contributed by atoms with Gasteiger partial charge in [0.15, 0.2) is 0 Å². The zero-order chi connectivity index (χ0) is 19.2. The van der Waals surface area contributed by atoms with Crippen LogP contribution in [-0.2, 0) is 25.7 Å². The number of rotatable bonds is 15. The fourth-order valence-electron chi connectivity index (χ4n) is 4.18. The van der Waals surface area contributed by atoms with Crippen molar-refractivity contribution in [2.75, 3.05) is 0 Å². The predicted octanol–water partition coefficient (Wildman–Crippen LogP) is 7.93. The molecule has 0 amide bonds. The summed E-state index contributed by atoms with van der Waals surface area (Å²) in [5.41, 5.74) is 5.71. The van der Waals surface area contributed by atoms with Crippen LogP contribution in [0.4, 0.5) is 0 Å². The molecule has 1 rings (SSSR count). The Morgan fingerprint density at radius 3 is 1.69 bits per heavy atom. The molecule has 1 aromatic carbocycles. The lowest BCUT2D eigenvalue weighted by atomic mass is 9.86. The SMILES string of the molecule is CCCCCCCc1cc(O)c(CCC)c(CC)c1CCCCCCC. The molecule has 1 aromatic rings. The number of aryl methyl sites for hydroxylation is 1. The number of hydrogen-bond acceptors (Lipinski definition) is 1. The van der Waals surface area contributed by atoms with Gasteiger partial charge in [-0.2, -0.15) is 0 Å². The molecule has 0 heterocycles. The standard InChI is InChI=1S/C25H44O/c1-5-9-11-13-15-18-21-20-25(26)24(17-7-3)22(8-4)23(21)19-16-14-12-10-6-2/h20,26H,5-19H2,1-4H3. The van der Waals surface area contributed by atoms with Crippen LogP contribution in [0.15, 0.2) is 6.07 Å². The molecular weight excluding hydrogens is 316 g/mol. The third-order valence-electron chi connectivity index (χ3n) is 5.67. The van der Waals surface area contributed by atoms with E-state index in [2.05, 4.69) is 33.8 Å². The van der Waals surface area contributed by atoms with Crippen LogP contribution in [0.1, 0.15) is 121 Å². The molecule has 1 nitrogen and oxygen atoms in total. The van der Waals surface area contributed by atoms with Crippen LogP contribution >= 0.6 is 0 Å². The molecule has 0 bridgehead atoms. The smallest absolute Gasteiger partial charge is 0.119 e. The first kappa shape index (κ1) is 23.1. The number of aromatic hydroxyl groups is 1. The Kier molecular flexibility index (Phi) is 12.5. The first-order chi connectivity index (χ1) is 12.7. The lowest BCUT2D eigenvalue weighted by Gasteiger charge is -2.20. The minimum atomic E-state index is 0.557. The van der Waals surface area contributed by atoms with Crippen molar-refractivity contribution in [3.05, 3.63) is 28.3 Å². The summed E-state index contributed by atoms with van der Waals surface area (Å²) >= 11 is 0. The molecule has 0 aromatic heterocycles. The number of benzene rings is 1. The lowest BCUT2D eigenvalue weighted by Crippen LogP contribution is -2.06. The Bertz CT molecular complexity index is 489. The Morgan fingerprint density at radius 2 is 1.15 bits per heavy atom. The maximum Gasteiger partial charge on any atom is 0.119 e. The monoisotopic (exact) mass is 360 g/mol. The van der Waals surface area contributed by atoms with Crippen molar-refractivity contribution in [3.8, 4) is 5.75 Å². The van der Waals surface area contributed by atoms with Crippen LogP contribution in [0.3, 0.4) is 0 Å². The summed E-state index contributed by atoms with van der Waals surface area (Å²) in [6.45, 7) is 9.03. The normalized spacial score (nSPS) is 11.2. The number of unbranched alkanes of at least 4 members (excludes halogenated alkanes) is 8. The van der Waals surface area contributed by atoms with E-state index in [0.29, 0.717) is 5.75 Å². The van der Waals surface area contributed by atoms with Gasteiger partial charge in [0.2, 0.25) is 0 Å². The van der Waals surface area contributed by atoms with Crippen LogP contribution in [0.5, 0.6) is 5.75 Å². The van der Waals surface area contributed by atoms with Gasteiger partial charge in [-0.25, -0.2) is 0 Å². The third kappa shape index (κ3) is 7.72. The third-order valence-corrected chi connectivity index (χ3v) is 5.67. The molecule has 1 heteroatoms. The van der Waals surface area contributed by atoms with Gasteiger partial charge in [0.05, 0.1) is 0 Å². The molecule has 0 aliphatic rings. The first-order valence-electron chi connectivity index (χ1n) is 11.5. The Hall–Kier alpha value is -0.980. The highest BCUT2D eigenvalue weighted by Gasteiger charge is 2.16. The van der Waals surface area contributed by atoms with E-state index >= 15 is 0 Å². The van der Waals surface area contributed by atoms with E-state index in [1.807, 2.05) is 0 Å². The van der Waals surface area contributed by atoms with Gasteiger partial charge in [-0.1, -0.05) is 85.5 Å². The van der Waals surface area contributed by atoms with Crippen molar-refractivity contribution >= 4 is 0 Å². The van der Waals surface area contributed by atoms with Gasteiger partial charge >= 0.3 is 0 Å². The van der Waals surface area contributed by atoms with Gasteiger partial charge in [-0.3, -0.25) is 0 Å². The number of phenols is 1. The topological polar surface area (TPSA) is 20.2 Å².